The van der Waals surface area contributed by atoms with Crippen molar-refractivity contribution in [1.82, 2.24) is 35.3 Å². The van der Waals surface area contributed by atoms with Gasteiger partial charge in [-0.2, -0.15) is 0 Å². The smallest absolute Gasteiger partial charge is 0.408 e. The van der Waals surface area contributed by atoms with E-state index in [9.17, 15) is 23.4 Å². The van der Waals surface area contributed by atoms with Gasteiger partial charge in [-0.05, 0) is 77.1 Å². The number of allylic oxidation sites excluding steroid dienone is 1. The van der Waals surface area contributed by atoms with Crippen LogP contribution in [0.1, 0.15) is 66.9 Å². The minimum absolute atomic E-state index is 0.0395. The van der Waals surface area contributed by atoms with Gasteiger partial charge in [-0.1, -0.05) is 152 Å². The summed E-state index contributed by atoms with van der Waals surface area (Å²) in [4.78, 5) is 58.9. The predicted octanol–water partition coefficient (Wildman–Crippen LogP) is 6.58. The van der Waals surface area contributed by atoms with E-state index in [0.717, 1.165) is 21.6 Å². The molecule has 15 heteroatoms. The Morgan fingerprint density at radius 3 is 1.82 bits per heavy atom. The molecule has 3 aliphatic rings. The fraction of sp³-hybridized carbons (Fsp3) is 0.235. The van der Waals surface area contributed by atoms with E-state index < -0.39 is 57.4 Å². The molecular formula is C51H47N7O7S. The van der Waals surface area contributed by atoms with Crippen molar-refractivity contribution in [2.45, 2.75) is 62.4 Å². The van der Waals surface area contributed by atoms with E-state index in [-0.39, 0.29) is 35.9 Å². The van der Waals surface area contributed by atoms with E-state index in [0.29, 0.717) is 29.1 Å². The van der Waals surface area contributed by atoms with Gasteiger partial charge in [-0.25, -0.2) is 14.3 Å². The summed E-state index contributed by atoms with van der Waals surface area (Å²) < 4.78 is 27.6. The number of hydrogen-bond donors (Lipinski definition) is 1. The topological polar surface area (TPSA) is 166 Å². The van der Waals surface area contributed by atoms with Crippen molar-refractivity contribution in [2.24, 2.45) is 0 Å². The lowest BCUT2D eigenvalue weighted by Crippen LogP contribution is -2.73. The number of esters is 1. The number of tetrazole rings is 1. The third-order valence-electron chi connectivity index (χ3n) is 11.8. The molecule has 0 bridgehead atoms. The van der Waals surface area contributed by atoms with E-state index in [2.05, 4.69) is 20.8 Å². The lowest BCUT2D eigenvalue weighted by atomic mass is 9.77. The number of aromatic nitrogens is 4. The van der Waals surface area contributed by atoms with Crippen LogP contribution in [0.4, 0.5) is 4.79 Å². The van der Waals surface area contributed by atoms with Gasteiger partial charge < -0.3 is 19.7 Å². The molecule has 1 N–H and O–H groups in total. The number of β-lactam (4-membered cyclic amide) rings is 1. The Balaban J connectivity index is 1.07. The Hall–Kier alpha value is -7.52. The molecule has 0 radical (unpaired) electrons. The standard InChI is InChI=1S/C51H47N7O7S/c1-50(2,3)65-49(62)52-42-46(60)57-43(48(61)64-44(34-19-9-4-10-20-34)35-21-11-5-12-22-35)37(33-66(63)47(42)57)31-36-29-30-56(45(36)59)32-41-53-54-55-58(41)51(38-23-13-6-14-24-38,39-25-15-7-16-26-39)40-27-17-8-18-28-40/h4-28,31,42,44,47H,29-30,32-33H2,1-3H3,(H,52,62)/b36-31+. The van der Waals surface area contributed by atoms with Crippen molar-refractivity contribution < 1.29 is 32.9 Å². The summed E-state index contributed by atoms with van der Waals surface area (Å²) >= 11 is 0. The number of carbonyl (C=O) groups is 4. The summed E-state index contributed by atoms with van der Waals surface area (Å²) in [5.74, 6) is -1.63. The van der Waals surface area contributed by atoms with Gasteiger partial charge in [-0.3, -0.25) is 18.7 Å². The fourth-order valence-corrected chi connectivity index (χ4v) is 10.5. The van der Waals surface area contributed by atoms with Crippen molar-refractivity contribution >= 4 is 34.7 Å². The normalized spacial score (nSPS) is 19.2. The number of nitrogens with zero attached hydrogens (tertiary/aromatic N) is 6. The summed E-state index contributed by atoms with van der Waals surface area (Å²) in [6, 6.07) is 47.0. The summed E-state index contributed by atoms with van der Waals surface area (Å²) in [7, 11) is -1.81. The van der Waals surface area contributed by atoms with Gasteiger partial charge in [0.05, 0.1) is 23.1 Å². The molecule has 2 saturated heterocycles. The molecule has 3 amide bonds. The second-order valence-electron chi connectivity index (χ2n) is 17.2. The predicted molar refractivity (Wildman–Crippen MR) is 245 cm³/mol. The monoisotopic (exact) mass is 901 g/mol. The molecule has 3 atom stereocenters. The number of likely N-dealkylation sites (tertiary alicyclic amines) is 1. The molecule has 0 spiro atoms. The maximum atomic E-state index is 14.7. The first-order chi connectivity index (χ1) is 31.9. The van der Waals surface area contributed by atoms with Gasteiger partial charge in [0.25, 0.3) is 5.91 Å². The number of ether oxygens (including phenoxy) is 2. The summed E-state index contributed by atoms with van der Waals surface area (Å²) in [5.41, 5.74) is 2.60. The zero-order chi connectivity index (χ0) is 46.0. The Bertz CT molecular complexity index is 2710. The van der Waals surface area contributed by atoms with Crippen LogP contribution in [0.15, 0.2) is 175 Å². The van der Waals surface area contributed by atoms with Crippen molar-refractivity contribution in [1.29, 1.82) is 0 Å². The number of rotatable bonds is 12. The highest BCUT2D eigenvalue weighted by Crippen LogP contribution is 2.42. The number of amides is 3. The van der Waals surface area contributed by atoms with Crippen LogP contribution >= 0.6 is 0 Å². The van der Waals surface area contributed by atoms with Crippen LogP contribution in [0.25, 0.3) is 0 Å². The molecular weight excluding hydrogens is 855 g/mol. The highest BCUT2D eigenvalue weighted by Gasteiger charge is 2.58. The van der Waals surface area contributed by atoms with Gasteiger partial charge in [0, 0.05) is 12.1 Å². The highest BCUT2D eigenvalue weighted by molar-refractivity contribution is 7.86. The van der Waals surface area contributed by atoms with Crippen LogP contribution in [-0.4, -0.2) is 87.4 Å². The van der Waals surface area contributed by atoms with Crippen LogP contribution in [0, 0.1) is 0 Å². The average molecular weight is 902 g/mol. The molecule has 1 aromatic heterocycles. The number of hydrogen-bond acceptors (Lipinski definition) is 10. The molecule has 334 valence electrons. The molecule has 3 aliphatic heterocycles. The van der Waals surface area contributed by atoms with Crippen LogP contribution in [0.2, 0.25) is 0 Å². The molecule has 5 aromatic carbocycles. The molecule has 0 aliphatic carbocycles. The molecule has 14 nitrogen and oxygen atoms in total. The van der Waals surface area contributed by atoms with Crippen LogP contribution in [0.3, 0.4) is 0 Å². The quantitative estimate of drug-likeness (QED) is 0.0614. The Labute approximate surface area is 384 Å². The largest absolute Gasteiger partial charge is 0.448 e. The summed E-state index contributed by atoms with van der Waals surface area (Å²) in [6.45, 7) is 5.40. The first kappa shape index (κ1) is 43.7. The number of fused-ring (bicyclic) bond motifs is 1. The molecule has 9 rings (SSSR count). The van der Waals surface area contributed by atoms with E-state index in [1.807, 2.05) is 152 Å². The van der Waals surface area contributed by atoms with Crippen molar-refractivity contribution in [3.8, 4) is 0 Å². The van der Waals surface area contributed by atoms with E-state index >= 15 is 0 Å². The van der Waals surface area contributed by atoms with E-state index in [1.54, 1.807) is 36.4 Å². The van der Waals surface area contributed by atoms with E-state index in [1.165, 1.54) is 0 Å². The highest BCUT2D eigenvalue weighted by atomic mass is 32.2. The molecule has 0 saturated carbocycles. The van der Waals surface area contributed by atoms with Gasteiger partial charge in [-0.15, -0.1) is 5.10 Å². The zero-order valence-corrected chi connectivity index (χ0v) is 37.3. The van der Waals surface area contributed by atoms with Crippen molar-refractivity contribution in [3.05, 3.63) is 208 Å². The number of nitrogens with one attached hydrogen (secondary N) is 1. The van der Waals surface area contributed by atoms with Crippen LogP contribution in [0.5, 0.6) is 0 Å². The van der Waals surface area contributed by atoms with Gasteiger partial charge in [0.2, 0.25) is 5.91 Å². The van der Waals surface area contributed by atoms with E-state index in [4.69, 9.17) is 9.47 Å². The number of benzene rings is 5. The Morgan fingerprint density at radius 2 is 1.30 bits per heavy atom. The maximum absolute atomic E-state index is 14.7. The second kappa shape index (κ2) is 18.2. The summed E-state index contributed by atoms with van der Waals surface area (Å²) in [6.07, 6.45) is 0.100. The molecule has 2 fully saturated rings. The molecule has 3 unspecified atom stereocenters. The Kier molecular flexibility index (Phi) is 12.0. The third kappa shape index (κ3) is 8.33. The number of carbonyl (C=O) groups excluding carboxylic acids is 4. The van der Waals surface area contributed by atoms with Crippen LogP contribution < -0.4 is 5.32 Å². The molecule has 6 aromatic rings. The zero-order valence-electron chi connectivity index (χ0n) is 36.5. The lowest BCUT2D eigenvalue weighted by molar-refractivity contribution is -0.153. The minimum Gasteiger partial charge on any atom is -0.448 e. The minimum atomic E-state index is -1.81. The average Bonchev–Trinajstić information content (AvgIpc) is 3.94. The third-order valence-corrected chi connectivity index (χ3v) is 13.4. The van der Waals surface area contributed by atoms with Crippen LogP contribution in [-0.2, 0) is 46.7 Å². The second-order valence-corrected chi connectivity index (χ2v) is 18.7. The molecule has 66 heavy (non-hydrogen) atoms. The maximum Gasteiger partial charge on any atom is 0.408 e. The first-order valence-electron chi connectivity index (χ1n) is 21.6. The first-order valence-corrected chi connectivity index (χ1v) is 23.0. The van der Waals surface area contributed by atoms with Crippen molar-refractivity contribution in [2.75, 3.05) is 12.3 Å². The van der Waals surface area contributed by atoms with Gasteiger partial charge in [0.15, 0.2) is 11.9 Å². The Morgan fingerprint density at radius 1 is 0.788 bits per heavy atom. The molecule has 4 heterocycles. The number of alkyl carbamates (subject to hydrolysis) is 1. The van der Waals surface area contributed by atoms with Gasteiger partial charge >= 0.3 is 12.1 Å². The lowest BCUT2D eigenvalue weighted by Gasteiger charge is -2.49. The van der Waals surface area contributed by atoms with Crippen molar-refractivity contribution in [3.63, 3.8) is 0 Å². The fourth-order valence-electron chi connectivity index (χ4n) is 8.89. The SMILES string of the molecule is CC(C)(C)OC(=O)NC1C(=O)N2C(C(=O)OC(c3ccccc3)c3ccccc3)=C(/C=C3\CCN(Cc4nnnn4C(c4ccccc4)(c4ccccc4)c4ccccc4)C3=O)CS(=O)C12. The van der Waals surface area contributed by atoms with Gasteiger partial charge in [0.1, 0.15) is 28.3 Å². The summed E-state index contributed by atoms with van der Waals surface area (Å²) in [5, 5.41) is 14.7.